The molecule has 1 fully saturated rings. The van der Waals surface area contributed by atoms with Gasteiger partial charge in [0.05, 0.1) is 12.4 Å². The van der Waals surface area contributed by atoms with Crippen LogP contribution in [-0.4, -0.2) is 35.0 Å². The van der Waals surface area contributed by atoms with Crippen LogP contribution < -0.4 is 16.0 Å². The van der Waals surface area contributed by atoms with Gasteiger partial charge in [-0.2, -0.15) is 0 Å². The molecule has 1 aliphatic heterocycles. The molecule has 0 aliphatic carbocycles. The lowest BCUT2D eigenvalue weighted by Crippen LogP contribution is -2.44. The SMILES string of the molecule is CCNc1cncc(NC2CCCNC2=O)n1. The molecule has 0 aromatic carbocycles. The van der Waals surface area contributed by atoms with Gasteiger partial charge in [0.2, 0.25) is 5.91 Å². The topological polar surface area (TPSA) is 78.9 Å². The van der Waals surface area contributed by atoms with Crippen LogP contribution in [0.2, 0.25) is 0 Å². The minimum absolute atomic E-state index is 0.0342. The third-order valence-corrected chi connectivity index (χ3v) is 2.60. The summed E-state index contributed by atoms with van der Waals surface area (Å²) in [7, 11) is 0. The molecule has 17 heavy (non-hydrogen) atoms. The van der Waals surface area contributed by atoms with Crippen molar-refractivity contribution in [2.75, 3.05) is 23.7 Å². The third kappa shape index (κ3) is 3.05. The second-order valence-electron chi connectivity index (χ2n) is 3.95. The second kappa shape index (κ2) is 5.47. The van der Waals surface area contributed by atoms with Gasteiger partial charge in [0.1, 0.15) is 17.7 Å². The molecule has 6 heteroatoms. The molecule has 1 saturated heterocycles. The zero-order chi connectivity index (χ0) is 12.1. The first-order valence-corrected chi connectivity index (χ1v) is 5.89. The lowest BCUT2D eigenvalue weighted by Gasteiger charge is -2.23. The molecule has 0 saturated carbocycles. The summed E-state index contributed by atoms with van der Waals surface area (Å²) in [5.74, 6) is 1.38. The molecule has 0 bridgehead atoms. The van der Waals surface area contributed by atoms with E-state index in [1.54, 1.807) is 12.4 Å². The summed E-state index contributed by atoms with van der Waals surface area (Å²) in [6, 6.07) is -0.199. The number of rotatable bonds is 4. The Morgan fingerprint density at radius 3 is 3.06 bits per heavy atom. The Kier molecular flexibility index (Phi) is 3.74. The van der Waals surface area contributed by atoms with Gasteiger partial charge in [-0.05, 0) is 19.8 Å². The molecule has 0 spiro atoms. The highest BCUT2D eigenvalue weighted by Crippen LogP contribution is 2.12. The van der Waals surface area contributed by atoms with Crippen LogP contribution >= 0.6 is 0 Å². The van der Waals surface area contributed by atoms with Crippen molar-refractivity contribution in [3.05, 3.63) is 12.4 Å². The molecule has 1 aromatic heterocycles. The quantitative estimate of drug-likeness (QED) is 0.712. The van der Waals surface area contributed by atoms with E-state index in [0.29, 0.717) is 11.6 Å². The summed E-state index contributed by atoms with van der Waals surface area (Å²) < 4.78 is 0. The fraction of sp³-hybridized carbons (Fsp3) is 0.545. The molecule has 1 unspecified atom stereocenters. The third-order valence-electron chi connectivity index (χ3n) is 2.60. The number of piperidine rings is 1. The van der Waals surface area contributed by atoms with E-state index < -0.39 is 0 Å². The van der Waals surface area contributed by atoms with E-state index in [1.165, 1.54) is 0 Å². The standard InChI is InChI=1S/C11H17N5O/c1-2-13-9-6-12-7-10(16-9)15-8-4-3-5-14-11(8)17/h6-8H,2-5H2,1H3,(H,14,17)(H2,13,15,16). The fourth-order valence-corrected chi connectivity index (χ4v) is 1.79. The Morgan fingerprint density at radius 1 is 1.47 bits per heavy atom. The summed E-state index contributed by atoms with van der Waals surface area (Å²) in [5.41, 5.74) is 0. The number of hydrogen-bond donors (Lipinski definition) is 3. The first-order chi connectivity index (χ1) is 8.29. The molecule has 1 amide bonds. The molecule has 1 aliphatic rings. The van der Waals surface area contributed by atoms with E-state index in [0.717, 1.165) is 25.9 Å². The fourth-order valence-electron chi connectivity index (χ4n) is 1.79. The Morgan fingerprint density at radius 2 is 2.29 bits per heavy atom. The van der Waals surface area contributed by atoms with Crippen molar-refractivity contribution in [1.29, 1.82) is 0 Å². The number of carbonyl (C=O) groups excluding carboxylic acids is 1. The van der Waals surface area contributed by atoms with E-state index in [9.17, 15) is 4.79 Å². The van der Waals surface area contributed by atoms with Gasteiger partial charge in [0, 0.05) is 13.1 Å². The van der Waals surface area contributed by atoms with Crippen molar-refractivity contribution in [3.8, 4) is 0 Å². The predicted molar refractivity (Wildman–Crippen MR) is 65.9 cm³/mol. The monoisotopic (exact) mass is 235 g/mol. The van der Waals surface area contributed by atoms with Crippen molar-refractivity contribution in [3.63, 3.8) is 0 Å². The van der Waals surface area contributed by atoms with Crippen molar-refractivity contribution in [2.24, 2.45) is 0 Å². The molecule has 6 nitrogen and oxygen atoms in total. The number of nitrogens with one attached hydrogen (secondary N) is 3. The second-order valence-corrected chi connectivity index (χ2v) is 3.95. The average Bonchev–Trinajstić information content (AvgIpc) is 2.33. The maximum absolute atomic E-state index is 11.6. The first kappa shape index (κ1) is 11.6. The van der Waals surface area contributed by atoms with Gasteiger partial charge in [-0.3, -0.25) is 9.78 Å². The lowest BCUT2D eigenvalue weighted by molar-refractivity contribution is -0.123. The minimum atomic E-state index is -0.199. The summed E-state index contributed by atoms with van der Waals surface area (Å²) in [6.07, 6.45) is 5.11. The van der Waals surface area contributed by atoms with E-state index in [1.807, 2.05) is 6.92 Å². The van der Waals surface area contributed by atoms with Crippen molar-refractivity contribution in [1.82, 2.24) is 15.3 Å². The Bertz CT molecular complexity index is 395. The number of aromatic nitrogens is 2. The lowest BCUT2D eigenvalue weighted by atomic mass is 10.1. The number of hydrogen-bond acceptors (Lipinski definition) is 5. The molecule has 2 rings (SSSR count). The number of carbonyl (C=O) groups is 1. The Balaban J connectivity index is 2.01. The zero-order valence-electron chi connectivity index (χ0n) is 9.86. The average molecular weight is 235 g/mol. The van der Waals surface area contributed by atoms with Gasteiger partial charge >= 0.3 is 0 Å². The van der Waals surface area contributed by atoms with Crippen molar-refractivity contribution < 1.29 is 4.79 Å². The smallest absolute Gasteiger partial charge is 0.242 e. The van der Waals surface area contributed by atoms with Crippen LogP contribution in [0.25, 0.3) is 0 Å². The van der Waals surface area contributed by atoms with E-state index in [4.69, 9.17) is 0 Å². The maximum atomic E-state index is 11.6. The van der Waals surface area contributed by atoms with Crippen LogP contribution in [0.3, 0.4) is 0 Å². The molecule has 0 radical (unpaired) electrons. The number of anilines is 2. The summed E-state index contributed by atoms with van der Waals surface area (Å²) in [4.78, 5) is 20.0. The van der Waals surface area contributed by atoms with Gasteiger partial charge in [0.25, 0.3) is 0 Å². The molecule has 2 heterocycles. The van der Waals surface area contributed by atoms with Crippen LogP contribution in [0.15, 0.2) is 12.4 Å². The van der Waals surface area contributed by atoms with E-state index in [-0.39, 0.29) is 11.9 Å². The maximum Gasteiger partial charge on any atom is 0.242 e. The molecule has 92 valence electrons. The highest BCUT2D eigenvalue weighted by molar-refractivity contribution is 5.84. The summed E-state index contributed by atoms with van der Waals surface area (Å²) in [5, 5.41) is 9.01. The molecular formula is C11H17N5O. The van der Waals surface area contributed by atoms with Gasteiger partial charge in [-0.15, -0.1) is 0 Å². The highest BCUT2D eigenvalue weighted by Gasteiger charge is 2.21. The van der Waals surface area contributed by atoms with Crippen LogP contribution in [0.4, 0.5) is 11.6 Å². The molecule has 1 aromatic rings. The molecule has 3 N–H and O–H groups in total. The van der Waals surface area contributed by atoms with Gasteiger partial charge in [0.15, 0.2) is 0 Å². The van der Waals surface area contributed by atoms with Crippen LogP contribution in [0.5, 0.6) is 0 Å². The van der Waals surface area contributed by atoms with Gasteiger partial charge < -0.3 is 16.0 Å². The van der Waals surface area contributed by atoms with Crippen LogP contribution in [0, 0.1) is 0 Å². The van der Waals surface area contributed by atoms with Crippen LogP contribution in [0.1, 0.15) is 19.8 Å². The van der Waals surface area contributed by atoms with Gasteiger partial charge in [-0.1, -0.05) is 0 Å². The van der Waals surface area contributed by atoms with E-state index in [2.05, 4.69) is 25.9 Å². The zero-order valence-corrected chi connectivity index (χ0v) is 9.86. The molecule has 1 atom stereocenters. The van der Waals surface area contributed by atoms with Gasteiger partial charge in [-0.25, -0.2) is 4.98 Å². The first-order valence-electron chi connectivity index (χ1n) is 5.89. The van der Waals surface area contributed by atoms with Crippen molar-refractivity contribution in [2.45, 2.75) is 25.8 Å². The largest absolute Gasteiger partial charge is 0.369 e. The van der Waals surface area contributed by atoms with Crippen molar-refractivity contribution >= 4 is 17.5 Å². The van der Waals surface area contributed by atoms with Crippen LogP contribution in [-0.2, 0) is 4.79 Å². The highest BCUT2D eigenvalue weighted by atomic mass is 16.2. The molecular weight excluding hydrogens is 218 g/mol. The van der Waals surface area contributed by atoms with E-state index >= 15 is 0 Å². The summed E-state index contributed by atoms with van der Waals surface area (Å²) >= 11 is 0. The number of amides is 1. The minimum Gasteiger partial charge on any atom is -0.369 e. The number of nitrogens with zero attached hydrogens (tertiary/aromatic N) is 2. The summed E-state index contributed by atoms with van der Waals surface area (Å²) in [6.45, 7) is 3.55. The Hall–Kier alpha value is -1.85. The Labute approximate surface area is 100 Å². The normalized spacial score (nSPS) is 19.6. The predicted octanol–water partition coefficient (Wildman–Crippen LogP) is 0.599.